The lowest BCUT2D eigenvalue weighted by molar-refractivity contribution is 0.764. The Bertz CT molecular complexity index is 116. The Morgan fingerprint density at radius 2 is 1.88 bits per heavy atom. The molecule has 0 heterocycles. The van der Waals surface area contributed by atoms with Crippen LogP contribution in [0.2, 0.25) is 0 Å². The highest BCUT2D eigenvalue weighted by Crippen LogP contribution is 2.38. The summed E-state index contributed by atoms with van der Waals surface area (Å²) >= 11 is 0. The molecule has 0 saturated heterocycles. The van der Waals surface area contributed by atoms with E-state index in [-0.39, 0.29) is 0 Å². The molecule has 0 N–H and O–H groups in total. The maximum absolute atomic E-state index is 4.44. The first-order valence-corrected chi connectivity index (χ1v) is 3.15. The lowest BCUT2D eigenvalue weighted by atomic mass is 10.3. The minimum absolute atomic E-state index is 0.360. The van der Waals surface area contributed by atoms with Crippen LogP contribution >= 0.6 is 0 Å². The predicted molar refractivity (Wildman–Crippen MR) is 36.4 cm³/mol. The van der Waals surface area contributed by atoms with E-state index in [0.29, 0.717) is 5.54 Å². The van der Waals surface area contributed by atoms with Crippen LogP contribution in [-0.2, 0) is 0 Å². The minimum atomic E-state index is 0.360. The first-order chi connectivity index (χ1) is 3.62. The van der Waals surface area contributed by atoms with Crippen molar-refractivity contribution >= 4 is 5.71 Å². The molecule has 0 unspecified atom stereocenters. The number of rotatable bonds is 1. The molecule has 0 amide bonds. The molecule has 0 radical (unpaired) electrons. The van der Waals surface area contributed by atoms with Gasteiger partial charge in [0.2, 0.25) is 0 Å². The van der Waals surface area contributed by atoms with Gasteiger partial charge in [0.1, 0.15) is 0 Å². The normalized spacial score (nSPS) is 22.4. The average molecular weight is 111 g/mol. The summed E-state index contributed by atoms with van der Waals surface area (Å²) in [5.74, 6) is 0. The summed E-state index contributed by atoms with van der Waals surface area (Å²) in [6.07, 6.45) is 2.58. The van der Waals surface area contributed by atoms with E-state index >= 15 is 0 Å². The number of aliphatic imine (C=N–C) groups is 1. The summed E-state index contributed by atoms with van der Waals surface area (Å²) in [5.41, 5.74) is 1.57. The Morgan fingerprint density at radius 3 is 2.00 bits per heavy atom. The lowest BCUT2D eigenvalue weighted by Gasteiger charge is -1.98. The van der Waals surface area contributed by atoms with Gasteiger partial charge in [0.15, 0.2) is 0 Å². The zero-order chi connectivity index (χ0) is 6.20. The third kappa shape index (κ3) is 1.32. The molecular formula is C7H13N. The summed E-state index contributed by atoms with van der Waals surface area (Å²) < 4.78 is 0. The van der Waals surface area contributed by atoms with E-state index < -0.39 is 0 Å². The Labute approximate surface area is 50.8 Å². The largest absolute Gasteiger partial charge is 0.288 e. The molecule has 1 aliphatic rings. The Kier molecular flexibility index (Phi) is 1.14. The fraction of sp³-hybridized carbons (Fsp3) is 0.857. The molecule has 0 spiro atoms. The smallest absolute Gasteiger partial charge is 0.0581 e. The summed E-state index contributed by atoms with van der Waals surface area (Å²) in [4.78, 5) is 4.44. The van der Waals surface area contributed by atoms with Crippen LogP contribution in [0.4, 0.5) is 0 Å². The summed E-state index contributed by atoms with van der Waals surface area (Å²) in [7, 11) is 0. The van der Waals surface area contributed by atoms with E-state index in [4.69, 9.17) is 0 Å². The van der Waals surface area contributed by atoms with Crippen molar-refractivity contribution in [3.05, 3.63) is 0 Å². The van der Waals surface area contributed by atoms with Crippen LogP contribution < -0.4 is 0 Å². The molecule has 46 valence electrons. The van der Waals surface area contributed by atoms with Gasteiger partial charge in [-0.1, -0.05) is 0 Å². The topological polar surface area (TPSA) is 12.4 Å². The van der Waals surface area contributed by atoms with Crippen LogP contribution in [0.25, 0.3) is 0 Å². The van der Waals surface area contributed by atoms with Gasteiger partial charge < -0.3 is 0 Å². The SMILES string of the molecule is CC(C)=NC1(C)CC1. The van der Waals surface area contributed by atoms with Gasteiger partial charge in [0.25, 0.3) is 0 Å². The number of nitrogens with zero attached hydrogens (tertiary/aromatic N) is 1. The second-order valence-electron chi connectivity index (χ2n) is 3.06. The maximum Gasteiger partial charge on any atom is 0.0581 e. The molecular weight excluding hydrogens is 98.1 g/mol. The zero-order valence-electron chi connectivity index (χ0n) is 5.86. The lowest BCUT2D eigenvalue weighted by Crippen LogP contribution is -1.98. The zero-order valence-corrected chi connectivity index (χ0v) is 5.86. The highest BCUT2D eigenvalue weighted by atomic mass is 14.9. The summed E-state index contributed by atoms with van der Waals surface area (Å²) in [6.45, 7) is 6.33. The summed E-state index contributed by atoms with van der Waals surface area (Å²) in [6, 6.07) is 0. The second-order valence-corrected chi connectivity index (χ2v) is 3.06. The van der Waals surface area contributed by atoms with Crippen LogP contribution in [0, 0.1) is 0 Å². The number of hydrogen-bond donors (Lipinski definition) is 0. The highest BCUT2D eigenvalue weighted by molar-refractivity contribution is 5.79. The molecule has 0 bridgehead atoms. The molecule has 0 atom stereocenters. The highest BCUT2D eigenvalue weighted by Gasteiger charge is 2.36. The van der Waals surface area contributed by atoms with E-state index in [0.717, 1.165) is 0 Å². The fourth-order valence-electron chi connectivity index (χ4n) is 0.833. The van der Waals surface area contributed by atoms with E-state index in [1.165, 1.54) is 18.6 Å². The van der Waals surface area contributed by atoms with Gasteiger partial charge in [-0.2, -0.15) is 0 Å². The maximum atomic E-state index is 4.44. The van der Waals surface area contributed by atoms with Crippen molar-refractivity contribution in [1.82, 2.24) is 0 Å². The van der Waals surface area contributed by atoms with Crippen LogP contribution in [0.3, 0.4) is 0 Å². The second kappa shape index (κ2) is 1.57. The van der Waals surface area contributed by atoms with Crippen molar-refractivity contribution in [3.8, 4) is 0 Å². The van der Waals surface area contributed by atoms with Crippen LogP contribution in [-0.4, -0.2) is 11.3 Å². The summed E-state index contributed by atoms with van der Waals surface area (Å²) in [5, 5.41) is 0. The van der Waals surface area contributed by atoms with Crippen LogP contribution in [0.15, 0.2) is 4.99 Å². The monoisotopic (exact) mass is 111 g/mol. The molecule has 1 saturated carbocycles. The predicted octanol–water partition coefficient (Wildman–Crippen LogP) is 2.02. The molecule has 1 aliphatic carbocycles. The van der Waals surface area contributed by atoms with Crippen molar-refractivity contribution in [2.24, 2.45) is 4.99 Å². The quantitative estimate of drug-likeness (QED) is 0.459. The number of hydrogen-bond acceptors (Lipinski definition) is 1. The van der Waals surface area contributed by atoms with Crippen molar-refractivity contribution in [2.45, 2.75) is 39.2 Å². The van der Waals surface area contributed by atoms with Crippen LogP contribution in [0.5, 0.6) is 0 Å². The van der Waals surface area contributed by atoms with Gasteiger partial charge in [0, 0.05) is 5.71 Å². The van der Waals surface area contributed by atoms with Gasteiger partial charge in [-0.3, -0.25) is 4.99 Å². The first kappa shape index (κ1) is 5.80. The Balaban J connectivity index is 2.50. The van der Waals surface area contributed by atoms with Crippen molar-refractivity contribution in [2.75, 3.05) is 0 Å². The standard InChI is InChI=1S/C7H13N/c1-6(2)8-7(3)4-5-7/h4-5H2,1-3H3. The third-order valence-electron chi connectivity index (χ3n) is 1.47. The van der Waals surface area contributed by atoms with E-state index in [2.05, 4.69) is 25.8 Å². The molecule has 0 aromatic rings. The first-order valence-electron chi connectivity index (χ1n) is 3.15. The van der Waals surface area contributed by atoms with Crippen LogP contribution in [0.1, 0.15) is 33.6 Å². The molecule has 0 aliphatic heterocycles. The van der Waals surface area contributed by atoms with Crippen molar-refractivity contribution in [1.29, 1.82) is 0 Å². The van der Waals surface area contributed by atoms with E-state index in [9.17, 15) is 0 Å². The van der Waals surface area contributed by atoms with Gasteiger partial charge in [-0.15, -0.1) is 0 Å². The van der Waals surface area contributed by atoms with E-state index in [1.54, 1.807) is 0 Å². The van der Waals surface area contributed by atoms with Gasteiger partial charge in [-0.25, -0.2) is 0 Å². The molecule has 1 heteroatoms. The van der Waals surface area contributed by atoms with Crippen molar-refractivity contribution < 1.29 is 0 Å². The molecule has 0 aromatic carbocycles. The molecule has 1 rings (SSSR count). The van der Waals surface area contributed by atoms with Gasteiger partial charge in [-0.05, 0) is 33.6 Å². The Hall–Kier alpha value is -0.330. The molecule has 0 aromatic heterocycles. The van der Waals surface area contributed by atoms with E-state index in [1.807, 2.05) is 0 Å². The minimum Gasteiger partial charge on any atom is -0.288 e. The molecule has 1 nitrogen and oxygen atoms in total. The molecule has 1 fully saturated rings. The van der Waals surface area contributed by atoms with Gasteiger partial charge >= 0.3 is 0 Å². The Morgan fingerprint density at radius 1 is 1.38 bits per heavy atom. The van der Waals surface area contributed by atoms with Gasteiger partial charge in [0.05, 0.1) is 5.54 Å². The fourth-order valence-corrected chi connectivity index (χ4v) is 0.833. The third-order valence-corrected chi connectivity index (χ3v) is 1.47. The van der Waals surface area contributed by atoms with Crippen molar-refractivity contribution in [3.63, 3.8) is 0 Å². The average Bonchev–Trinajstić information content (AvgIpc) is 2.17. The molecule has 8 heavy (non-hydrogen) atoms.